The van der Waals surface area contributed by atoms with Crippen LogP contribution in [0.3, 0.4) is 0 Å². The van der Waals surface area contributed by atoms with Crippen LogP contribution in [0.25, 0.3) is 0 Å². The monoisotopic (exact) mass is 249 g/mol. The molecule has 18 heavy (non-hydrogen) atoms. The van der Waals surface area contributed by atoms with Gasteiger partial charge in [0, 0.05) is 12.1 Å². The van der Waals surface area contributed by atoms with Crippen molar-refractivity contribution in [3.8, 4) is 0 Å². The van der Waals surface area contributed by atoms with Crippen LogP contribution in [-0.4, -0.2) is 19.1 Å². The normalized spacial score (nSPS) is 15.8. The van der Waals surface area contributed by atoms with Crippen LogP contribution < -0.4 is 5.32 Å². The number of carbonyl (C=O) groups excluding carboxylic acids is 1. The topological polar surface area (TPSA) is 38.3 Å². The van der Waals surface area contributed by atoms with E-state index in [1.54, 1.807) is 0 Å². The number of esters is 1. The van der Waals surface area contributed by atoms with Crippen LogP contribution in [0, 0.1) is 12.8 Å². The SMILES string of the molecule is COC(=O)C(C)C(C)N[C@@H](C)c1ccc(C)cc1. The first kappa shape index (κ1) is 14.7. The second-order valence-electron chi connectivity index (χ2n) is 4.90. The highest BCUT2D eigenvalue weighted by Crippen LogP contribution is 2.16. The van der Waals surface area contributed by atoms with Crippen molar-refractivity contribution in [2.24, 2.45) is 5.92 Å². The molecule has 0 radical (unpaired) electrons. The van der Waals surface area contributed by atoms with Crippen molar-refractivity contribution in [2.75, 3.05) is 7.11 Å². The zero-order valence-electron chi connectivity index (χ0n) is 11.9. The summed E-state index contributed by atoms with van der Waals surface area (Å²) >= 11 is 0. The molecule has 1 aromatic carbocycles. The van der Waals surface area contributed by atoms with Gasteiger partial charge in [-0.3, -0.25) is 4.79 Å². The number of hydrogen-bond donors (Lipinski definition) is 1. The average molecular weight is 249 g/mol. The van der Waals surface area contributed by atoms with Crippen LogP contribution in [0.5, 0.6) is 0 Å². The van der Waals surface area contributed by atoms with Crippen molar-refractivity contribution in [2.45, 2.75) is 39.8 Å². The first-order valence-electron chi connectivity index (χ1n) is 6.36. The molecule has 0 aromatic heterocycles. The smallest absolute Gasteiger partial charge is 0.309 e. The molecule has 100 valence electrons. The quantitative estimate of drug-likeness (QED) is 0.815. The van der Waals surface area contributed by atoms with Crippen LogP contribution in [0.2, 0.25) is 0 Å². The summed E-state index contributed by atoms with van der Waals surface area (Å²) in [6, 6.07) is 8.72. The highest BCUT2D eigenvalue weighted by atomic mass is 16.5. The number of benzene rings is 1. The maximum atomic E-state index is 11.5. The van der Waals surface area contributed by atoms with Crippen molar-refractivity contribution in [1.82, 2.24) is 5.32 Å². The van der Waals surface area contributed by atoms with Gasteiger partial charge in [-0.05, 0) is 26.3 Å². The van der Waals surface area contributed by atoms with E-state index in [1.807, 2.05) is 13.8 Å². The second kappa shape index (κ2) is 6.55. The van der Waals surface area contributed by atoms with Gasteiger partial charge in [0.1, 0.15) is 0 Å². The lowest BCUT2D eigenvalue weighted by atomic mass is 10.0. The van der Waals surface area contributed by atoms with Gasteiger partial charge < -0.3 is 10.1 Å². The Morgan fingerprint density at radius 3 is 2.22 bits per heavy atom. The molecule has 0 amide bonds. The van der Waals surface area contributed by atoms with Gasteiger partial charge in [0.2, 0.25) is 0 Å². The van der Waals surface area contributed by atoms with Crippen LogP contribution >= 0.6 is 0 Å². The summed E-state index contributed by atoms with van der Waals surface area (Å²) in [5, 5.41) is 3.43. The van der Waals surface area contributed by atoms with Gasteiger partial charge in [0.05, 0.1) is 13.0 Å². The molecule has 3 nitrogen and oxygen atoms in total. The van der Waals surface area contributed by atoms with Crippen molar-refractivity contribution < 1.29 is 9.53 Å². The van der Waals surface area contributed by atoms with Crippen LogP contribution in [0.15, 0.2) is 24.3 Å². The van der Waals surface area contributed by atoms with Gasteiger partial charge in [-0.25, -0.2) is 0 Å². The minimum atomic E-state index is -0.175. The number of aryl methyl sites for hydroxylation is 1. The molecule has 0 bridgehead atoms. The molecule has 0 spiro atoms. The van der Waals surface area contributed by atoms with E-state index in [4.69, 9.17) is 4.74 Å². The standard InChI is InChI=1S/C15H23NO2/c1-10-6-8-14(9-7-10)13(4)16-12(3)11(2)15(17)18-5/h6-9,11-13,16H,1-5H3/t11?,12?,13-/m0/s1. The molecule has 0 heterocycles. The molecule has 0 aliphatic heterocycles. The van der Waals surface area contributed by atoms with E-state index in [9.17, 15) is 4.79 Å². The number of nitrogens with one attached hydrogen (secondary N) is 1. The summed E-state index contributed by atoms with van der Waals surface area (Å²) in [6.07, 6.45) is 0. The largest absolute Gasteiger partial charge is 0.469 e. The zero-order valence-corrected chi connectivity index (χ0v) is 11.9. The summed E-state index contributed by atoms with van der Waals surface area (Å²) in [5.41, 5.74) is 2.48. The van der Waals surface area contributed by atoms with Crippen LogP contribution in [0.4, 0.5) is 0 Å². The minimum absolute atomic E-state index is 0.0775. The molecule has 1 N–H and O–H groups in total. The highest BCUT2D eigenvalue weighted by Gasteiger charge is 2.22. The summed E-state index contributed by atoms with van der Waals surface area (Å²) in [7, 11) is 1.43. The lowest BCUT2D eigenvalue weighted by Gasteiger charge is -2.24. The molecule has 0 aliphatic rings. The van der Waals surface area contributed by atoms with Crippen LogP contribution in [-0.2, 0) is 9.53 Å². The first-order valence-corrected chi connectivity index (χ1v) is 6.36. The lowest BCUT2D eigenvalue weighted by Crippen LogP contribution is -2.38. The van der Waals surface area contributed by atoms with E-state index in [-0.39, 0.29) is 24.0 Å². The second-order valence-corrected chi connectivity index (χ2v) is 4.90. The van der Waals surface area contributed by atoms with E-state index >= 15 is 0 Å². The zero-order chi connectivity index (χ0) is 13.7. The maximum Gasteiger partial charge on any atom is 0.309 e. The Morgan fingerprint density at radius 2 is 1.72 bits per heavy atom. The van der Waals surface area contributed by atoms with E-state index in [0.717, 1.165) is 0 Å². The van der Waals surface area contributed by atoms with E-state index in [0.29, 0.717) is 0 Å². The van der Waals surface area contributed by atoms with Crippen molar-refractivity contribution in [3.05, 3.63) is 35.4 Å². The highest BCUT2D eigenvalue weighted by molar-refractivity contribution is 5.72. The van der Waals surface area contributed by atoms with Gasteiger partial charge in [0.15, 0.2) is 0 Å². The van der Waals surface area contributed by atoms with Gasteiger partial charge >= 0.3 is 5.97 Å². The third-order valence-electron chi connectivity index (χ3n) is 3.41. The van der Waals surface area contributed by atoms with E-state index in [1.165, 1.54) is 18.2 Å². The third kappa shape index (κ3) is 3.84. The Kier molecular flexibility index (Phi) is 5.35. The number of carbonyl (C=O) groups is 1. The molecule has 3 atom stereocenters. The molecule has 0 saturated carbocycles. The Hall–Kier alpha value is -1.35. The molecule has 1 rings (SSSR count). The lowest BCUT2D eigenvalue weighted by molar-refractivity contribution is -0.145. The summed E-state index contributed by atoms with van der Waals surface area (Å²) in [4.78, 5) is 11.5. The Labute approximate surface area is 110 Å². The molecule has 0 aliphatic carbocycles. The molecular formula is C15H23NO2. The number of hydrogen-bond acceptors (Lipinski definition) is 3. The summed E-state index contributed by atoms with van der Waals surface area (Å²) in [6.45, 7) is 8.06. The van der Waals surface area contributed by atoms with Gasteiger partial charge in [-0.2, -0.15) is 0 Å². The van der Waals surface area contributed by atoms with Crippen molar-refractivity contribution in [3.63, 3.8) is 0 Å². The Morgan fingerprint density at radius 1 is 1.17 bits per heavy atom. The Balaban J connectivity index is 2.61. The summed E-state index contributed by atoms with van der Waals surface area (Å²) in [5.74, 6) is -0.325. The fourth-order valence-corrected chi connectivity index (χ4v) is 1.88. The molecule has 2 unspecified atom stereocenters. The predicted molar refractivity (Wildman–Crippen MR) is 73.4 cm³/mol. The average Bonchev–Trinajstić information content (AvgIpc) is 2.37. The predicted octanol–water partition coefficient (Wildman–Crippen LogP) is 2.84. The van der Waals surface area contributed by atoms with Gasteiger partial charge in [0.25, 0.3) is 0 Å². The first-order chi connectivity index (χ1) is 8.45. The van der Waals surface area contributed by atoms with Crippen molar-refractivity contribution in [1.29, 1.82) is 0 Å². The molecule has 1 aromatic rings. The summed E-state index contributed by atoms with van der Waals surface area (Å²) < 4.78 is 4.76. The third-order valence-corrected chi connectivity index (χ3v) is 3.41. The van der Waals surface area contributed by atoms with Gasteiger partial charge in [-0.15, -0.1) is 0 Å². The molecule has 3 heteroatoms. The number of ether oxygens (including phenoxy) is 1. The Bertz CT molecular complexity index is 386. The van der Waals surface area contributed by atoms with Gasteiger partial charge in [-0.1, -0.05) is 36.8 Å². The molecular weight excluding hydrogens is 226 g/mol. The fourth-order valence-electron chi connectivity index (χ4n) is 1.88. The molecule has 0 fully saturated rings. The van der Waals surface area contributed by atoms with Crippen molar-refractivity contribution >= 4 is 5.97 Å². The van der Waals surface area contributed by atoms with E-state index in [2.05, 4.69) is 43.4 Å². The maximum absolute atomic E-state index is 11.5. The fraction of sp³-hybridized carbons (Fsp3) is 0.533. The molecule has 0 saturated heterocycles. The minimum Gasteiger partial charge on any atom is -0.469 e. The van der Waals surface area contributed by atoms with E-state index < -0.39 is 0 Å². The number of rotatable bonds is 5. The van der Waals surface area contributed by atoms with Crippen LogP contribution in [0.1, 0.15) is 37.9 Å². The number of methoxy groups -OCH3 is 1.